The van der Waals surface area contributed by atoms with Crippen LogP contribution in [0.25, 0.3) is 0 Å². The molecule has 0 aliphatic heterocycles. The Morgan fingerprint density at radius 2 is 0.969 bits per heavy atom. The van der Waals surface area contributed by atoms with Gasteiger partial charge in [0.15, 0.2) is 5.78 Å². The lowest BCUT2D eigenvalue weighted by Gasteiger charge is -2.40. The van der Waals surface area contributed by atoms with E-state index in [1.807, 2.05) is 0 Å². The Balaban J connectivity index is 5.15. The van der Waals surface area contributed by atoms with Crippen molar-refractivity contribution in [3.8, 4) is 0 Å². The fraction of sp³-hybridized carbons (Fsp3) is 0.885. The maximum Gasteiger partial charge on any atom is 0.344 e. The number of rotatable bonds is 20. The van der Waals surface area contributed by atoms with Gasteiger partial charge >= 0.3 is 11.9 Å². The van der Waals surface area contributed by atoms with Crippen molar-refractivity contribution in [2.45, 2.75) is 130 Å². The van der Waals surface area contributed by atoms with Gasteiger partial charge in [-0.2, -0.15) is 0 Å². The minimum atomic E-state index is -2.91. The number of carbonyl (C=O) groups excluding carboxylic acids is 1. The number of hydrogen-bond acceptors (Lipinski definition) is 4. The lowest BCUT2D eigenvalue weighted by Crippen LogP contribution is -2.62. The highest BCUT2D eigenvalue weighted by molar-refractivity contribution is 6.10. The molecule has 0 saturated heterocycles. The number of hydrogen-bond donors (Lipinski definition) is 3. The van der Waals surface area contributed by atoms with Gasteiger partial charge in [0.25, 0.3) is 0 Å². The molecule has 32 heavy (non-hydrogen) atoms. The Morgan fingerprint density at radius 1 is 0.625 bits per heavy atom. The molecule has 0 saturated carbocycles. The quantitative estimate of drug-likeness (QED) is 0.148. The van der Waals surface area contributed by atoms with E-state index < -0.39 is 28.7 Å². The van der Waals surface area contributed by atoms with Crippen LogP contribution in [-0.2, 0) is 14.4 Å². The van der Waals surface area contributed by atoms with Crippen molar-refractivity contribution in [1.82, 2.24) is 0 Å². The molecular weight excluding hydrogens is 408 g/mol. The molecule has 0 aromatic rings. The zero-order valence-corrected chi connectivity index (χ0v) is 21.1. The Bertz CT molecular complexity index is 531. The first-order valence-corrected chi connectivity index (χ1v) is 12.6. The molecule has 0 bridgehead atoms. The number of carboxylic acid groups (broad SMARTS) is 2. The van der Waals surface area contributed by atoms with Crippen molar-refractivity contribution in [2.24, 2.45) is 17.3 Å². The van der Waals surface area contributed by atoms with Crippen LogP contribution in [0.1, 0.15) is 125 Å². The van der Waals surface area contributed by atoms with Gasteiger partial charge in [-0.25, -0.2) is 4.79 Å². The van der Waals surface area contributed by atoms with E-state index >= 15 is 0 Å². The Kier molecular flexibility index (Phi) is 14.7. The molecule has 0 heterocycles. The molecule has 188 valence electrons. The summed E-state index contributed by atoms with van der Waals surface area (Å²) >= 11 is 0. The minimum Gasteiger partial charge on any atom is -0.481 e. The van der Waals surface area contributed by atoms with Crippen molar-refractivity contribution in [3.63, 3.8) is 0 Å². The maximum absolute atomic E-state index is 12.4. The van der Waals surface area contributed by atoms with Crippen molar-refractivity contribution in [2.75, 3.05) is 0 Å². The smallest absolute Gasteiger partial charge is 0.344 e. The van der Waals surface area contributed by atoms with Gasteiger partial charge in [-0.05, 0) is 31.6 Å². The van der Waals surface area contributed by atoms with Gasteiger partial charge in [-0.3, -0.25) is 9.59 Å². The molecule has 0 radical (unpaired) electrons. The van der Waals surface area contributed by atoms with Crippen LogP contribution in [-0.4, -0.2) is 38.6 Å². The summed E-state index contributed by atoms with van der Waals surface area (Å²) in [4.78, 5) is 36.6. The number of Topliss-reactive ketones (excluding diaryl/α,β-unsaturated/α-hetero) is 1. The van der Waals surface area contributed by atoms with E-state index in [1.54, 1.807) is 0 Å². The van der Waals surface area contributed by atoms with E-state index in [0.29, 0.717) is 24.7 Å². The second kappa shape index (κ2) is 15.4. The van der Waals surface area contributed by atoms with Gasteiger partial charge in [0.2, 0.25) is 5.60 Å². The lowest BCUT2D eigenvalue weighted by atomic mass is 9.63. The summed E-state index contributed by atoms with van der Waals surface area (Å²) in [6.07, 6.45) is 10.9. The van der Waals surface area contributed by atoms with Gasteiger partial charge in [0.05, 0.1) is 0 Å². The third-order valence-corrected chi connectivity index (χ3v) is 6.69. The number of ketones is 1. The van der Waals surface area contributed by atoms with E-state index in [-0.39, 0.29) is 12.8 Å². The second-order valence-electron chi connectivity index (χ2n) is 10.4. The second-order valence-corrected chi connectivity index (χ2v) is 10.4. The molecule has 0 aliphatic carbocycles. The van der Waals surface area contributed by atoms with Crippen LogP contribution in [0.4, 0.5) is 0 Å². The van der Waals surface area contributed by atoms with E-state index in [4.69, 9.17) is 0 Å². The molecule has 1 atom stereocenters. The standard InChI is InChI=1S/C26H48O6/c1-20(2)16-12-8-6-10-14-18-25(23(28)29,26(32,22(5)27)24(30)31)19-15-11-7-9-13-17-21(3)4/h20-21,32H,6-19H2,1-5H3,(H,28,29)(H,30,31). The Morgan fingerprint density at radius 3 is 1.25 bits per heavy atom. The zero-order valence-electron chi connectivity index (χ0n) is 21.1. The summed E-state index contributed by atoms with van der Waals surface area (Å²) in [6.45, 7) is 9.70. The topological polar surface area (TPSA) is 112 Å². The number of carboxylic acids is 2. The van der Waals surface area contributed by atoms with Crippen LogP contribution in [0, 0.1) is 17.3 Å². The molecule has 0 aromatic heterocycles. The van der Waals surface area contributed by atoms with Crippen LogP contribution in [0.5, 0.6) is 0 Å². The predicted molar refractivity (Wildman–Crippen MR) is 128 cm³/mol. The fourth-order valence-corrected chi connectivity index (χ4v) is 4.57. The van der Waals surface area contributed by atoms with E-state index in [0.717, 1.165) is 71.1 Å². The molecule has 0 fully saturated rings. The van der Waals surface area contributed by atoms with Crippen molar-refractivity contribution < 1.29 is 29.7 Å². The Labute approximate surface area is 195 Å². The highest BCUT2D eigenvalue weighted by Crippen LogP contribution is 2.43. The first kappa shape index (κ1) is 30.6. The maximum atomic E-state index is 12.4. The summed E-state index contributed by atoms with van der Waals surface area (Å²) in [5.74, 6) is -2.86. The van der Waals surface area contributed by atoms with Crippen LogP contribution in [0.15, 0.2) is 0 Å². The van der Waals surface area contributed by atoms with Gasteiger partial charge < -0.3 is 15.3 Å². The van der Waals surface area contributed by atoms with E-state index in [1.165, 1.54) is 0 Å². The molecule has 6 heteroatoms. The van der Waals surface area contributed by atoms with Gasteiger partial charge in [0, 0.05) is 0 Å². The highest BCUT2D eigenvalue weighted by Gasteiger charge is 2.63. The summed E-state index contributed by atoms with van der Waals surface area (Å²) in [5.41, 5.74) is -4.91. The lowest BCUT2D eigenvalue weighted by molar-refractivity contribution is -0.194. The van der Waals surface area contributed by atoms with E-state index in [9.17, 15) is 29.7 Å². The molecule has 0 aromatic carbocycles. The summed E-state index contributed by atoms with van der Waals surface area (Å²) in [6, 6.07) is 0. The van der Waals surface area contributed by atoms with Gasteiger partial charge in [0.1, 0.15) is 5.41 Å². The van der Waals surface area contributed by atoms with Crippen LogP contribution >= 0.6 is 0 Å². The molecule has 6 nitrogen and oxygen atoms in total. The molecule has 0 aliphatic rings. The van der Waals surface area contributed by atoms with Gasteiger partial charge in [-0.15, -0.1) is 0 Å². The summed E-state index contributed by atoms with van der Waals surface area (Å²) in [5, 5.41) is 30.7. The van der Waals surface area contributed by atoms with Gasteiger partial charge in [-0.1, -0.05) is 105 Å². The summed E-state index contributed by atoms with van der Waals surface area (Å²) in [7, 11) is 0. The first-order chi connectivity index (χ1) is 14.9. The fourth-order valence-electron chi connectivity index (χ4n) is 4.57. The number of aliphatic hydroxyl groups is 1. The molecule has 0 spiro atoms. The van der Waals surface area contributed by atoms with Crippen molar-refractivity contribution in [1.29, 1.82) is 0 Å². The minimum absolute atomic E-state index is 0.0117. The largest absolute Gasteiger partial charge is 0.481 e. The average molecular weight is 457 g/mol. The highest BCUT2D eigenvalue weighted by atomic mass is 16.4. The van der Waals surface area contributed by atoms with E-state index in [2.05, 4.69) is 27.7 Å². The van der Waals surface area contributed by atoms with Crippen LogP contribution in [0.3, 0.4) is 0 Å². The molecule has 1 unspecified atom stereocenters. The number of carbonyl (C=O) groups is 3. The molecule has 0 amide bonds. The number of unbranched alkanes of at least 4 members (excludes halogenated alkanes) is 8. The zero-order chi connectivity index (χ0) is 24.8. The molecule has 0 rings (SSSR count). The summed E-state index contributed by atoms with van der Waals surface area (Å²) < 4.78 is 0. The SMILES string of the molecule is CC(=O)C(O)(C(=O)O)C(CCCCCCCC(C)C)(CCCCCCCC(C)C)C(=O)O. The molecule has 3 N–H and O–H groups in total. The van der Waals surface area contributed by atoms with Crippen molar-refractivity contribution in [3.05, 3.63) is 0 Å². The Hall–Kier alpha value is -1.43. The predicted octanol–water partition coefficient (Wildman–Crippen LogP) is 6.24. The van der Waals surface area contributed by atoms with Crippen LogP contribution in [0.2, 0.25) is 0 Å². The first-order valence-electron chi connectivity index (χ1n) is 12.6. The normalized spacial score (nSPS) is 14.0. The third kappa shape index (κ3) is 9.60. The van der Waals surface area contributed by atoms with Crippen LogP contribution < -0.4 is 0 Å². The number of aliphatic carboxylic acids is 2. The monoisotopic (exact) mass is 456 g/mol. The third-order valence-electron chi connectivity index (χ3n) is 6.69. The molecular formula is C26H48O6. The average Bonchev–Trinajstić information content (AvgIpc) is 2.69. The van der Waals surface area contributed by atoms with Crippen molar-refractivity contribution >= 4 is 17.7 Å².